The molecule has 1 heterocycles. The van der Waals surface area contributed by atoms with E-state index in [4.69, 9.17) is 4.42 Å². The summed E-state index contributed by atoms with van der Waals surface area (Å²) in [5.74, 6) is 0. The maximum atomic E-state index is 11.1. The molecule has 2 rings (SSSR count). The number of hydrogen-bond acceptors (Lipinski definition) is 2. The monoisotopic (exact) mass is 238 g/mol. The summed E-state index contributed by atoms with van der Waals surface area (Å²) in [5.41, 5.74) is 1.43. The van der Waals surface area contributed by atoms with E-state index in [9.17, 15) is 4.79 Å². The molecule has 0 fully saturated rings. The first-order valence-corrected chi connectivity index (χ1v) is 4.66. The van der Waals surface area contributed by atoms with Gasteiger partial charge >= 0.3 is 5.63 Å². The lowest BCUT2D eigenvalue weighted by Crippen LogP contribution is -1.98. The predicted octanol–water partition coefficient (Wildman–Crippen LogP) is 2.86. The topological polar surface area (TPSA) is 30.2 Å². The molecule has 0 unspecified atom stereocenters. The van der Waals surface area contributed by atoms with E-state index in [0.717, 1.165) is 10.9 Å². The molecule has 0 amide bonds. The summed E-state index contributed by atoms with van der Waals surface area (Å²) in [6, 6.07) is 7.47. The number of benzene rings is 1. The number of halogens is 1. The van der Waals surface area contributed by atoms with Gasteiger partial charge in [0.15, 0.2) is 0 Å². The fraction of sp³-hybridized carbons (Fsp3) is 0.100. The van der Waals surface area contributed by atoms with Crippen molar-refractivity contribution in [2.24, 2.45) is 0 Å². The minimum absolute atomic E-state index is 0.337. The van der Waals surface area contributed by atoms with E-state index in [1.807, 2.05) is 19.1 Å². The second-order valence-corrected chi connectivity index (χ2v) is 3.78. The van der Waals surface area contributed by atoms with Gasteiger partial charge < -0.3 is 4.42 Å². The van der Waals surface area contributed by atoms with Crippen LogP contribution in [0.1, 0.15) is 5.56 Å². The molecule has 0 radical (unpaired) electrons. The average molecular weight is 239 g/mol. The Labute approximate surface area is 83.3 Å². The Kier molecular flexibility index (Phi) is 1.96. The van der Waals surface area contributed by atoms with Crippen LogP contribution in [0.25, 0.3) is 11.0 Å². The van der Waals surface area contributed by atoms with Crippen LogP contribution in [0.5, 0.6) is 0 Å². The van der Waals surface area contributed by atoms with Crippen LogP contribution in [0.3, 0.4) is 0 Å². The van der Waals surface area contributed by atoms with Gasteiger partial charge in [-0.3, -0.25) is 0 Å². The van der Waals surface area contributed by atoms with Crippen molar-refractivity contribution in [3.63, 3.8) is 0 Å². The molecule has 3 heteroatoms. The lowest BCUT2D eigenvalue weighted by atomic mass is 10.2. The van der Waals surface area contributed by atoms with Gasteiger partial charge in [0.25, 0.3) is 0 Å². The van der Waals surface area contributed by atoms with E-state index in [2.05, 4.69) is 15.9 Å². The largest absolute Gasteiger partial charge is 0.422 e. The third-order valence-corrected chi connectivity index (χ3v) is 2.40. The quantitative estimate of drug-likeness (QED) is 0.661. The summed E-state index contributed by atoms with van der Waals surface area (Å²) in [7, 11) is 0. The molecule has 0 saturated heterocycles. The van der Waals surface area contributed by atoms with Crippen LogP contribution in [0, 0.1) is 6.92 Å². The number of rotatable bonds is 0. The van der Waals surface area contributed by atoms with E-state index in [1.165, 1.54) is 0 Å². The van der Waals surface area contributed by atoms with Gasteiger partial charge in [-0.05, 0) is 41.1 Å². The van der Waals surface area contributed by atoms with Gasteiger partial charge in [0, 0.05) is 5.39 Å². The van der Waals surface area contributed by atoms with Gasteiger partial charge in [-0.1, -0.05) is 11.6 Å². The highest BCUT2D eigenvalue weighted by Crippen LogP contribution is 2.17. The minimum atomic E-state index is -0.337. The third-order valence-electron chi connectivity index (χ3n) is 1.85. The highest BCUT2D eigenvalue weighted by molar-refractivity contribution is 9.10. The van der Waals surface area contributed by atoms with Crippen molar-refractivity contribution < 1.29 is 4.42 Å². The molecule has 0 spiro atoms. The Morgan fingerprint density at radius 1 is 1.31 bits per heavy atom. The van der Waals surface area contributed by atoms with Crippen molar-refractivity contribution in [2.75, 3.05) is 0 Å². The molecule has 13 heavy (non-hydrogen) atoms. The molecule has 2 nitrogen and oxygen atoms in total. The van der Waals surface area contributed by atoms with Gasteiger partial charge in [0.05, 0.1) is 0 Å². The van der Waals surface area contributed by atoms with Crippen LogP contribution in [-0.2, 0) is 0 Å². The molecule has 0 aliphatic carbocycles. The van der Waals surface area contributed by atoms with Crippen LogP contribution in [0.15, 0.2) is 37.9 Å². The Bertz CT molecular complexity index is 514. The van der Waals surface area contributed by atoms with E-state index in [1.54, 1.807) is 12.1 Å². The molecule has 0 atom stereocenters. The zero-order valence-electron chi connectivity index (χ0n) is 7.00. The average Bonchev–Trinajstić information content (AvgIpc) is 2.08. The summed E-state index contributed by atoms with van der Waals surface area (Å²) in [4.78, 5) is 11.1. The molecular weight excluding hydrogens is 232 g/mol. The van der Waals surface area contributed by atoms with Crippen LogP contribution in [0.2, 0.25) is 0 Å². The van der Waals surface area contributed by atoms with Crippen molar-refractivity contribution in [3.8, 4) is 0 Å². The van der Waals surface area contributed by atoms with Gasteiger partial charge in [-0.25, -0.2) is 4.79 Å². The predicted molar refractivity (Wildman–Crippen MR) is 54.9 cm³/mol. The molecule has 66 valence electrons. The van der Waals surface area contributed by atoms with Gasteiger partial charge in [-0.2, -0.15) is 0 Å². The van der Waals surface area contributed by atoms with Crippen LogP contribution in [-0.4, -0.2) is 0 Å². The summed E-state index contributed by atoms with van der Waals surface area (Å²) >= 11 is 3.13. The molecule has 0 bridgehead atoms. The standard InChI is InChI=1S/C10H7BrO2/c1-6-2-3-9-7(4-6)5-8(11)10(12)13-9/h2-5H,1H3. The normalized spacial score (nSPS) is 10.6. The Balaban J connectivity index is 2.89. The summed E-state index contributed by atoms with van der Waals surface area (Å²) in [6.45, 7) is 2.00. The van der Waals surface area contributed by atoms with Gasteiger partial charge in [0.1, 0.15) is 10.1 Å². The van der Waals surface area contributed by atoms with E-state index < -0.39 is 0 Å². The van der Waals surface area contributed by atoms with Crippen molar-refractivity contribution in [2.45, 2.75) is 6.92 Å². The molecule has 1 aromatic carbocycles. The van der Waals surface area contributed by atoms with Crippen molar-refractivity contribution >= 4 is 26.9 Å². The number of hydrogen-bond donors (Lipinski definition) is 0. The SMILES string of the molecule is Cc1ccc2oc(=O)c(Br)cc2c1. The smallest absolute Gasteiger partial charge is 0.350 e. The number of fused-ring (bicyclic) bond motifs is 1. The first-order valence-electron chi connectivity index (χ1n) is 3.87. The molecular formula is C10H7BrO2. The summed E-state index contributed by atoms with van der Waals surface area (Å²) in [5, 5.41) is 0.937. The highest BCUT2D eigenvalue weighted by Gasteiger charge is 2.01. The van der Waals surface area contributed by atoms with Crippen LogP contribution < -0.4 is 5.63 Å². The summed E-state index contributed by atoms with van der Waals surface area (Å²) in [6.07, 6.45) is 0. The van der Waals surface area contributed by atoms with Crippen LogP contribution >= 0.6 is 15.9 Å². The number of aryl methyl sites for hydroxylation is 1. The van der Waals surface area contributed by atoms with Crippen molar-refractivity contribution in [1.29, 1.82) is 0 Å². The van der Waals surface area contributed by atoms with Crippen molar-refractivity contribution in [3.05, 3.63) is 44.7 Å². The third kappa shape index (κ3) is 1.52. The first-order chi connectivity index (χ1) is 6.16. The molecule has 2 aromatic rings. The molecule has 0 aliphatic heterocycles. The Morgan fingerprint density at radius 2 is 2.08 bits per heavy atom. The van der Waals surface area contributed by atoms with Crippen molar-refractivity contribution in [1.82, 2.24) is 0 Å². The lowest BCUT2D eigenvalue weighted by molar-refractivity contribution is 0.556. The summed E-state index contributed by atoms with van der Waals surface area (Å²) < 4.78 is 5.51. The molecule has 1 aromatic heterocycles. The zero-order chi connectivity index (χ0) is 9.42. The van der Waals surface area contributed by atoms with Crippen LogP contribution in [0.4, 0.5) is 0 Å². The second kappa shape index (κ2) is 3.00. The fourth-order valence-corrected chi connectivity index (χ4v) is 1.55. The highest BCUT2D eigenvalue weighted by atomic mass is 79.9. The Hall–Kier alpha value is -1.09. The second-order valence-electron chi connectivity index (χ2n) is 2.92. The fourth-order valence-electron chi connectivity index (χ4n) is 1.22. The van der Waals surface area contributed by atoms with Gasteiger partial charge in [-0.15, -0.1) is 0 Å². The van der Waals surface area contributed by atoms with Gasteiger partial charge in [0.2, 0.25) is 0 Å². The molecule has 0 aliphatic rings. The molecule has 0 N–H and O–H groups in total. The lowest BCUT2D eigenvalue weighted by Gasteiger charge is -1.97. The first kappa shape index (κ1) is 8.51. The van der Waals surface area contributed by atoms with E-state index in [0.29, 0.717) is 10.1 Å². The minimum Gasteiger partial charge on any atom is -0.422 e. The van der Waals surface area contributed by atoms with E-state index in [-0.39, 0.29) is 5.63 Å². The maximum Gasteiger partial charge on any atom is 0.350 e. The zero-order valence-corrected chi connectivity index (χ0v) is 8.59. The molecule has 0 saturated carbocycles. The maximum absolute atomic E-state index is 11.1. The Morgan fingerprint density at radius 3 is 2.85 bits per heavy atom. The van der Waals surface area contributed by atoms with E-state index >= 15 is 0 Å².